The molecule has 2 aliphatic rings. The Bertz CT molecular complexity index is 1230. The first-order valence-corrected chi connectivity index (χ1v) is 12.9. The lowest BCUT2D eigenvalue weighted by atomic mass is 10.0. The van der Waals surface area contributed by atoms with Gasteiger partial charge in [-0.25, -0.2) is 4.99 Å². The Morgan fingerprint density at radius 1 is 1.20 bits per heavy atom. The van der Waals surface area contributed by atoms with Gasteiger partial charge in [0.15, 0.2) is 5.88 Å². The van der Waals surface area contributed by atoms with E-state index in [2.05, 4.69) is 28.8 Å². The van der Waals surface area contributed by atoms with E-state index in [9.17, 15) is 9.90 Å². The second kappa shape index (κ2) is 9.85. The third kappa shape index (κ3) is 4.72. The minimum absolute atomic E-state index is 0.0517. The topological polar surface area (TPSA) is 89.7 Å². The quantitative estimate of drug-likeness (QED) is 0.496. The molecule has 2 N–H and O–H groups in total. The molecule has 8 heteroatoms. The number of carbonyl (C=O) groups excluding carboxylic acids is 1. The van der Waals surface area contributed by atoms with Gasteiger partial charge in [0.1, 0.15) is 5.69 Å². The van der Waals surface area contributed by atoms with E-state index in [-0.39, 0.29) is 11.8 Å². The molecule has 2 fully saturated rings. The first-order valence-electron chi connectivity index (χ1n) is 12.9. The van der Waals surface area contributed by atoms with Crippen molar-refractivity contribution < 1.29 is 9.90 Å². The van der Waals surface area contributed by atoms with Crippen molar-refractivity contribution in [3.63, 3.8) is 0 Å². The number of piperidine rings is 1. The number of H-pyrrole nitrogens is 1. The Balaban J connectivity index is 1.41. The highest BCUT2D eigenvalue weighted by Crippen LogP contribution is 2.32. The summed E-state index contributed by atoms with van der Waals surface area (Å²) < 4.78 is 2.05. The first kappa shape index (κ1) is 23.6. The molecule has 3 aromatic rings. The zero-order valence-corrected chi connectivity index (χ0v) is 21.0. The normalized spacial score (nSPS) is 18.3. The van der Waals surface area contributed by atoms with Crippen molar-refractivity contribution in [3.05, 3.63) is 41.7 Å². The van der Waals surface area contributed by atoms with Crippen LogP contribution in [0.1, 0.15) is 74.8 Å². The van der Waals surface area contributed by atoms with Crippen LogP contribution >= 0.6 is 0 Å². The van der Waals surface area contributed by atoms with Crippen molar-refractivity contribution >= 4 is 28.2 Å². The monoisotopic (exact) mass is 476 g/mol. The van der Waals surface area contributed by atoms with Gasteiger partial charge in [0.05, 0.1) is 29.7 Å². The molecule has 5 rings (SSSR count). The Kier molecular flexibility index (Phi) is 6.65. The number of likely N-dealkylation sites (tertiary alicyclic amines) is 2. The Hall–Kier alpha value is -3.13. The number of nitrogens with zero attached hydrogens (tertiary/aromatic N) is 5. The zero-order chi connectivity index (χ0) is 24.5. The van der Waals surface area contributed by atoms with E-state index in [1.54, 1.807) is 6.20 Å². The van der Waals surface area contributed by atoms with Gasteiger partial charge in [-0.2, -0.15) is 5.10 Å². The standard InChI is InChI=1S/C27H36N6O2/c1-4-23(29-20-16-28-33(17-20)21-9-13-31(14-10-21)18(2)3)25-22-15-19(7-8-24(22)30-26(25)34)27(35)32-11-5-6-12-32/h7-8,15-18,21,30,34H,4-6,9-14H2,1-3H3. The number of nitrogens with one attached hydrogen (secondary N) is 1. The van der Waals surface area contributed by atoms with Gasteiger partial charge in [-0.1, -0.05) is 6.92 Å². The lowest BCUT2D eigenvalue weighted by molar-refractivity contribution is 0.0793. The molecule has 8 nitrogen and oxygen atoms in total. The number of carbonyl (C=O) groups is 1. The van der Waals surface area contributed by atoms with E-state index in [0.29, 0.717) is 29.6 Å². The van der Waals surface area contributed by atoms with Crippen molar-refractivity contribution in [1.82, 2.24) is 24.6 Å². The smallest absolute Gasteiger partial charge is 0.253 e. The van der Waals surface area contributed by atoms with Gasteiger partial charge in [-0.3, -0.25) is 9.48 Å². The molecule has 2 saturated heterocycles. The summed E-state index contributed by atoms with van der Waals surface area (Å²) in [4.78, 5) is 25.3. The van der Waals surface area contributed by atoms with Crippen LogP contribution in [0.5, 0.6) is 5.88 Å². The fourth-order valence-electron chi connectivity index (χ4n) is 5.43. The van der Waals surface area contributed by atoms with Crippen LogP contribution in [-0.2, 0) is 0 Å². The number of aromatic nitrogens is 3. The van der Waals surface area contributed by atoms with Gasteiger partial charge in [-0.15, -0.1) is 0 Å². The van der Waals surface area contributed by atoms with E-state index in [4.69, 9.17) is 4.99 Å². The molecular weight excluding hydrogens is 440 g/mol. The second-order valence-corrected chi connectivity index (χ2v) is 10.1. The van der Waals surface area contributed by atoms with E-state index >= 15 is 0 Å². The van der Waals surface area contributed by atoms with Crippen LogP contribution in [0.25, 0.3) is 10.9 Å². The number of rotatable bonds is 6. The van der Waals surface area contributed by atoms with Crippen LogP contribution in [0.15, 0.2) is 35.6 Å². The molecule has 2 aromatic heterocycles. The molecule has 0 atom stereocenters. The maximum atomic E-state index is 13.0. The molecule has 0 saturated carbocycles. The molecule has 0 unspecified atom stereocenters. The van der Waals surface area contributed by atoms with Crippen LogP contribution < -0.4 is 0 Å². The number of benzene rings is 1. The maximum Gasteiger partial charge on any atom is 0.253 e. The van der Waals surface area contributed by atoms with Crippen LogP contribution in [0.4, 0.5) is 5.69 Å². The number of aliphatic imine (C=N–C) groups is 1. The molecular formula is C27H36N6O2. The number of aromatic hydroxyl groups is 1. The highest BCUT2D eigenvalue weighted by atomic mass is 16.3. The fraction of sp³-hybridized carbons (Fsp3) is 0.519. The molecule has 0 bridgehead atoms. The summed E-state index contributed by atoms with van der Waals surface area (Å²) >= 11 is 0. The van der Waals surface area contributed by atoms with E-state index in [0.717, 1.165) is 74.2 Å². The lowest BCUT2D eigenvalue weighted by Crippen LogP contribution is -2.39. The van der Waals surface area contributed by atoms with Crippen molar-refractivity contribution in [2.75, 3.05) is 26.2 Å². The molecule has 1 aromatic carbocycles. The molecule has 1 amide bonds. The largest absolute Gasteiger partial charge is 0.494 e. The molecule has 0 spiro atoms. The van der Waals surface area contributed by atoms with Crippen molar-refractivity contribution in [1.29, 1.82) is 0 Å². The molecule has 0 radical (unpaired) electrons. The fourth-order valence-corrected chi connectivity index (χ4v) is 5.43. The summed E-state index contributed by atoms with van der Waals surface area (Å²) in [5, 5.41) is 16.2. The third-order valence-electron chi connectivity index (χ3n) is 7.50. The van der Waals surface area contributed by atoms with Gasteiger partial charge >= 0.3 is 0 Å². The van der Waals surface area contributed by atoms with Gasteiger partial charge < -0.3 is 19.9 Å². The van der Waals surface area contributed by atoms with E-state index in [1.807, 2.05) is 40.9 Å². The Morgan fingerprint density at radius 2 is 1.94 bits per heavy atom. The van der Waals surface area contributed by atoms with Crippen molar-refractivity contribution in [2.24, 2.45) is 4.99 Å². The number of fused-ring (bicyclic) bond motifs is 1. The average Bonchev–Trinajstić information content (AvgIpc) is 3.62. The molecule has 186 valence electrons. The highest BCUT2D eigenvalue weighted by Gasteiger charge is 2.24. The van der Waals surface area contributed by atoms with Crippen molar-refractivity contribution in [3.8, 4) is 5.88 Å². The highest BCUT2D eigenvalue weighted by molar-refractivity contribution is 6.14. The maximum absolute atomic E-state index is 13.0. The SMILES string of the molecule is CCC(=Nc1cnn(C2CCN(C(C)C)CC2)c1)c1c(O)[nH]c2ccc(C(=O)N3CCCC3)cc12. The summed E-state index contributed by atoms with van der Waals surface area (Å²) in [5.41, 5.74) is 3.66. The Morgan fingerprint density at radius 3 is 2.63 bits per heavy atom. The summed E-state index contributed by atoms with van der Waals surface area (Å²) in [6.07, 6.45) is 8.74. The van der Waals surface area contributed by atoms with Gasteiger partial charge in [0, 0.05) is 48.7 Å². The van der Waals surface area contributed by atoms with Gasteiger partial charge in [0.25, 0.3) is 5.91 Å². The number of hydrogen-bond donors (Lipinski definition) is 2. The minimum Gasteiger partial charge on any atom is -0.494 e. The number of aromatic amines is 1. The first-order chi connectivity index (χ1) is 16.9. The summed E-state index contributed by atoms with van der Waals surface area (Å²) in [6, 6.07) is 6.56. The predicted octanol–water partition coefficient (Wildman–Crippen LogP) is 4.88. The lowest BCUT2D eigenvalue weighted by Gasteiger charge is -2.34. The summed E-state index contributed by atoms with van der Waals surface area (Å²) in [6.45, 7) is 10.3. The summed E-state index contributed by atoms with van der Waals surface area (Å²) in [7, 11) is 0. The zero-order valence-electron chi connectivity index (χ0n) is 21.0. The van der Waals surface area contributed by atoms with Crippen LogP contribution in [0.2, 0.25) is 0 Å². The Labute approximate surface area is 206 Å². The molecule has 2 aliphatic heterocycles. The molecule has 0 aliphatic carbocycles. The predicted molar refractivity (Wildman–Crippen MR) is 139 cm³/mol. The summed E-state index contributed by atoms with van der Waals surface area (Å²) in [5.74, 6) is 0.135. The molecule has 35 heavy (non-hydrogen) atoms. The molecule has 4 heterocycles. The number of amides is 1. The average molecular weight is 477 g/mol. The van der Waals surface area contributed by atoms with E-state index < -0.39 is 0 Å². The number of hydrogen-bond acceptors (Lipinski definition) is 5. The van der Waals surface area contributed by atoms with E-state index in [1.165, 1.54) is 0 Å². The van der Waals surface area contributed by atoms with Crippen LogP contribution in [0.3, 0.4) is 0 Å². The van der Waals surface area contributed by atoms with Gasteiger partial charge in [0.2, 0.25) is 0 Å². The van der Waals surface area contributed by atoms with Crippen LogP contribution in [0, 0.1) is 0 Å². The third-order valence-corrected chi connectivity index (χ3v) is 7.50. The second-order valence-electron chi connectivity index (χ2n) is 10.1. The van der Waals surface area contributed by atoms with Gasteiger partial charge in [-0.05, 0) is 64.2 Å². The van der Waals surface area contributed by atoms with Crippen molar-refractivity contribution in [2.45, 2.75) is 65.0 Å². The van der Waals surface area contributed by atoms with Crippen LogP contribution in [-0.4, -0.2) is 73.5 Å². The minimum atomic E-state index is 0.0517.